The van der Waals surface area contributed by atoms with Gasteiger partial charge in [0, 0.05) is 0 Å². The molecule has 0 saturated carbocycles. The SMILES string of the molecule is CC(C)CC(Nc1ncnc2nc[nH]c12)C(=O)O. The van der Waals surface area contributed by atoms with Gasteiger partial charge in [0.2, 0.25) is 0 Å². The molecule has 0 spiro atoms. The monoisotopic (exact) mass is 249 g/mol. The minimum Gasteiger partial charge on any atom is -0.480 e. The first-order valence-electron chi connectivity index (χ1n) is 5.71. The zero-order chi connectivity index (χ0) is 13.1. The van der Waals surface area contributed by atoms with E-state index in [1.807, 2.05) is 13.8 Å². The number of aromatic amines is 1. The van der Waals surface area contributed by atoms with Crippen molar-refractivity contribution >= 4 is 23.0 Å². The molecule has 2 aromatic heterocycles. The topological polar surface area (TPSA) is 104 Å². The molecule has 1 unspecified atom stereocenters. The summed E-state index contributed by atoms with van der Waals surface area (Å²) in [5, 5.41) is 12.1. The molecule has 0 amide bonds. The van der Waals surface area contributed by atoms with E-state index in [0.717, 1.165) is 0 Å². The highest BCUT2D eigenvalue weighted by Crippen LogP contribution is 2.17. The van der Waals surface area contributed by atoms with Crippen LogP contribution < -0.4 is 5.32 Å². The molecular weight excluding hydrogens is 234 g/mol. The molecule has 0 bridgehead atoms. The molecule has 0 aliphatic carbocycles. The average molecular weight is 249 g/mol. The lowest BCUT2D eigenvalue weighted by molar-refractivity contribution is -0.138. The summed E-state index contributed by atoms with van der Waals surface area (Å²) in [6, 6.07) is -0.675. The fourth-order valence-electron chi connectivity index (χ4n) is 1.73. The number of carboxylic acid groups (broad SMARTS) is 1. The van der Waals surface area contributed by atoms with Crippen LogP contribution in [0, 0.1) is 5.92 Å². The molecular formula is C11H15N5O2. The molecule has 18 heavy (non-hydrogen) atoms. The zero-order valence-corrected chi connectivity index (χ0v) is 10.2. The molecule has 0 aliphatic heterocycles. The highest BCUT2D eigenvalue weighted by Gasteiger charge is 2.20. The first-order valence-corrected chi connectivity index (χ1v) is 5.71. The highest BCUT2D eigenvalue weighted by atomic mass is 16.4. The van der Waals surface area contributed by atoms with Crippen molar-refractivity contribution in [2.24, 2.45) is 5.92 Å². The lowest BCUT2D eigenvalue weighted by atomic mass is 10.0. The molecule has 0 aromatic carbocycles. The van der Waals surface area contributed by atoms with Crippen molar-refractivity contribution in [1.29, 1.82) is 0 Å². The van der Waals surface area contributed by atoms with Crippen LogP contribution in [0.1, 0.15) is 20.3 Å². The number of carboxylic acids is 1. The van der Waals surface area contributed by atoms with Crippen LogP contribution in [-0.4, -0.2) is 37.1 Å². The van der Waals surface area contributed by atoms with E-state index in [0.29, 0.717) is 23.4 Å². The molecule has 2 heterocycles. The largest absolute Gasteiger partial charge is 0.480 e. The van der Waals surface area contributed by atoms with Crippen LogP contribution in [0.2, 0.25) is 0 Å². The number of imidazole rings is 1. The number of fused-ring (bicyclic) bond motifs is 1. The molecule has 0 fully saturated rings. The Hall–Kier alpha value is -2.18. The lowest BCUT2D eigenvalue weighted by Gasteiger charge is -2.16. The average Bonchev–Trinajstić information content (AvgIpc) is 2.76. The fraction of sp³-hybridized carbons (Fsp3) is 0.455. The van der Waals surface area contributed by atoms with E-state index >= 15 is 0 Å². The van der Waals surface area contributed by atoms with Crippen LogP contribution >= 0.6 is 0 Å². The van der Waals surface area contributed by atoms with Gasteiger partial charge in [-0.05, 0) is 12.3 Å². The van der Waals surface area contributed by atoms with Gasteiger partial charge in [0.1, 0.15) is 17.9 Å². The van der Waals surface area contributed by atoms with Gasteiger partial charge < -0.3 is 15.4 Å². The second-order valence-electron chi connectivity index (χ2n) is 4.49. The molecule has 0 radical (unpaired) electrons. The number of aliphatic carboxylic acids is 1. The number of rotatable bonds is 5. The first-order chi connectivity index (χ1) is 8.58. The van der Waals surface area contributed by atoms with E-state index in [9.17, 15) is 9.90 Å². The summed E-state index contributed by atoms with van der Waals surface area (Å²) in [5.74, 6) is -0.154. The van der Waals surface area contributed by atoms with Crippen molar-refractivity contribution < 1.29 is 9.90 Å². The van der Waals surface area contributed by atoms with Gasteiger partial charge in [0.05, 0.1) is 6.33 Å². The molecule has 2 rings (SSSR count). The van der Waals surface area contributed by atoms with Crippen molar-refractivity contribution in [3.63, 3.8) is 0 Å². The number of anilines is 1. The predicted octanol–water partition coefficient (Wildman–Crippen LogP) is 1.26. The van der Waals surface area contributed by atoms with Crippen molar-refractivity contribution in [1.82, 2.24) is 19.9 Å². The molecule has 7 nitrogen and oxygen atoms in total. The van der Waals surface area contributed by atoms with Crippen molar-refractivity contribution in [2.45, 2.75) is 26.3 Å². The van der Waals surface area contributed by atoms with E-state index in [1.165, 1.54) is 12.7 Å². The number of hydrogen-bond acceptors (Lipinski definition) is 5. The summed E-state index contributed by atoms with van der Waals surface area (Å²) in [4.78, 5) is 26.1. The maximum atomic E-state index is 11.2. The maximum absolute atomic E-state index is 11.2. The Morgan fingerprint density at radius 1 is 1.44 bits per heavy atom. The third kappa shape index (κ3) is 2.55. The normalized spacial score (nSPS) is 12.8. The van der Waals surface area contributed by atoms with Crippen LogP contribution in [0.3, 0.4) is 0 Å². The number of carbonyl (C=O) groups is 1. The Kier molecular flexibility index (Phi) is 3.40. The number of nitrogens with zero attached hydrogens (tertiary/aromatic N) is 3. The number of nitrogens with one attached hydrogen (secondary N) is 2. The summed E-state index contributed by atoms with van der Waals surface area (Å²) < 4.78 is 0. The summed E-state index contributed by atoms with van der Waals surface area (Å²) in [7, 11) is 0. The molecule has 1 atom stereocenters. The smallest absolute Gasteiger partial charge is 0.326 e. The van der Waals surface area contributed by atoms with Gasteiger partial charge in [-0.15, -0.1) is 0 Å². The van der Waals surface area contributed by atoms with Gasteiger partial charge in [-0.3, -0.25) is 0 Å². The Morgan fingerprint density at radius 2 is 2.22 bits per heavy atom. The number of hydrogen-bond donors (Lipinski definition) is 3. The van der Waals surface area contributed by atoms with E-state index in [-0.39, 0.29) is 5.92 Å². The number of aromatic nitrogens is 4. The van der Waals surface area contributed by atoms with Gasteiger partial charge in [-0.2, -0.15) is 0 Å². The van der Waals surface area contributed by atoms with Gasteiger partial charge in [0.15, 0.2) is 11.5 Å². The Balaban J connectivity index is 2.25. The van der Waals surface area contributed by atoms with Gasteiger partial charge in [-0.1, -0.05) is 13.8 Å². The van der Waals surface area contributed by atoms with E-state index < -0.39 is 12.0 Å². The molecule has 7 heteroatoms. The van der Waals surface area contributed by atoms with Crippen LogP contribution in [0.5, 0.6) is 0 Å². The molecule has 0 aliphatic rings. The quantitative estimate of drug-likeness (QED) is 0.737. The predicted molar refractivity (Wildman–Crippen MR) is 66.2 cm³/mol. The Morgan fingerprint density at radius 3 is 2.89 bits per heavy atom. The Labute approximate surface area is 104 Å². The van der Waals surface area contributed by atoms with Crippen molar-refractivity contribution in [2.75, 3.05) is 5.32 Å². The minimum absolute atomic E-state index is 0.276. The van der Waals surface area contributed by atoms with Crippen LogP contribution in [-0.2, 0) is 4.79 Å². The summed E-state index contributed by atoms with van der Waals surface area (Å²) >= 11 is 0. The van der Waals surface area contributed by atoms with Crippen LogP contribution in [0.25, 0.3) is 11.2 Å². The first kappa shape index (κ1) is 12.3. The van der Waals surface area contributed by atoms with Crippen molar-refractivity contribution in [3.8, 4) is 0 Å². The molecule has 3 N–H and O–H groups in total. The van der Waals surface area contributed by atoms with Crippen LogP contribution in [0.4, 0.5) is 5.82 Å². The molecule has 2 aromatic rings. The second-order valence-corrected chi connectivity index (χ2v) is 4.49. The third-order valence-electron chi connectivity index (χ3n) is 2.54. The standard InChI is InChI=1S/C11H15N5O2/c1-6(2)3-7(11(17)18)16-10-8-9(13-4-12-8)14-5-15-10/h4-7H,3H2,1-2H3,(H,17,18)(H2,12,13,14,15,16). The zero-order valence-electron chi connectivity index (χ0n) is 10.2. The lowest BCUT2D eigenvalue weighted by Crippen LogP contribution is -2.31. The third-order valence-corrected chi connectivity index (χ3v) is 2.54. The Bertz CT molecular complexity index is 551. The van der Waals surface area contributed by atoms with E-state index in [2.05, 4.69) is 25.3 Å². The fourth-order valence-corrected chi connectivity index (χ4v) is 1.73. The maximum Gasteiger partial charge on any atom is 0.326 e. The summed E-state index contributed by atoms with van der Waals surface area (Å²) in [5.41, 5.74) is 1.13. The minimum atomic E-state index is -0.894. The molecule has 96 valence electrons. The van der Waals surface area contributed by atoms with Crippen LogP contribution in [0.15, 0.2) is 12.7 Å². The molecule has 0 saturated heterocycles. The van der Waals surface area contributed by atoms with Gasteiger partial charge >= 0.3 is 5.97 Å². The van der Waals surface area contributed by atoms with E-state index in [1.54, 1.807) is 0 Å². The van der Waals surface area contributed by atoms with Crippen molar-refractivity contribution in [3.05, 3.63) is 12.7 Å². The van der Waals surface area contributed by atoms with Gasteiger partial charge in [-0.25, -0.2) is 19.7 Å². The number of H-pyrrole nitrogens is 1. The van der Waals surface area contributed by atoms with E-state index in [4.69, 9.17) is 0 Å². The van der Waals surface area contributed by atoms with Gasteiger partial charge in [0.25, 0.3) is 0 Å². The summed E-state index contributed by atoms with van der Waals surface area (Å²) in [6.07, 6.45) is 3.39. The second kappa shape index (κ2) is 4.99. The summed E-state index contributed by atoms with van der Waals surface area (Å²) in [6.45, 7) is 3.95. The highest BCUT2D eigenvalue weighted by molar-refractivity contribution is 5.85.